The van der Waals surface area contributed by atoms with Crippen LogP contribution in [0.25, 0.3) is 0 Å². The van der Waals surface area contributed by atoms with Gasteiger partial charge in [-0.2, -0.15) is 0 Å². The molecule has 0 aliphatic heterocycles. The summed E-state index contributed by atoms with van der Waals surface area (Å²) in [5, 5.41) is 36.5. The second kappa shape index (κ2) is 1.98. The fourth-order valence-corrected chi connectivity index (χ4v) is 0.547. The molecule has 0 heterocycles. The third-order valence-corrected chi connectivity index (χ3v) is 1.06. The molecule has 3 N–H and O–H groups in total. The van der Waals surface area contributed by atoms with Gasteiger partial charge in [-0.05, 0) is 0 Å². The van der Waals surface area contributed by atoms with Crippen molar-refractivity contribution >= 4 is 0 Å². The maximum Gasteiger partial charge on any atom is 0.224 e. The predicted molar refractivity (Wildman–Crippen MR) is 31.6 cm³/mol. The molecule has 0 aromatic heterocycles. The lowest BCUT2D eigenvalue weighted by molar-refractivity contribution is 0.316. The van der Waals surface area contributed by atoms with Gasteiger partial charge < -0.3 is 15.3 Å². The molecule has 4 heteroatoms. The number of phenolic OH excluding ortho intramolecular Hbond substituents is 3. The summed E-state index contributed by atoms with van der Waals surface area (Å²) in [6.45, 7) is 0. The van der Waals surface area contributed by atoms with Gasteiger partial charge in [0, 0.05) is 12.1 Å². The number of hydrogen-bond acceptors (Lipinski definition) is 3. The highest BCUT2D eigenvalue weighted by molar-refractivity contribution is 5.51. The number of rotatable bonds is 0. The smallest absolute Gasteiger partial charge is 0.224 e. The first-order valence-electron chi connectivity index (χ1n) is 2.53. The summed E-state index contributed by atoms with van der Waals surface area (Å²) in [5.41, 5.74) is 0. The maximum absolute atomic E-state index is 10.5. The molecule has 0 aliphatic carbocycles. The molecule has 4 nitrogen and oxygen atoms in total. The fourth-order valence-electron chi connectivity index (χ4n) is 0.547. The normalized spacial score (nSPS) is 9.60. The van der Waals surface area contributed by atoms with Crippen molar-refractivity contribution in [3.05, 3.63) is 12.1 Å². The molecule has 10 heavy (non-hydrogen) atoms. The van der Waals surface area contributed by atoms with Gasteiger partial charge in [-0.15, -0.1) is 0 Å². The Morgan fingerprint density at radius 1 is 0.900 bits per heavy atom. The van der Waals surface area contributed by atoms with Gasteiger partial charge in [-0.3, -0.25) is 5.11 Å². The third-order valence-electron chi connectivity index (χ3n) is 1.06. The molecule has 1 radical (unpaired) electrons. The van der Waals surface area contributed by atoms with Crippen molar-refractivity contribution < 1.29 is 20.4 Å². The van der Waals surface area contributed by atoms with Crippen molar-refractivity contribution in [2.45, 2.75) is 0 Å². The summed E-state index contributed by atoms with van der Waals surface area (Å²) in [6, 6.07) is 1.53. The van der Waals surface area contributed by atoms with Gasteiger partial charge in [-0.25, -0.2) is 0 Å². The van der Waals surface area contributed by atoms with E-state index in [1.807, 2.05) is 0 Å². The zero-order valence-corrected chi connectivity index (χ0v) is 4.90. The van der Waals surface area contributed by atoms with Crippen LogP contribution in [0.5, 0.6) is 23.0 Å². The van der Waals surface area contributed by atoms with Crippen LogP contribution in [-0.4, -0.2) is 15.3 Å². The van der Waals surface area contributed by atoms with Crippen LogP contribution in [0.3, 0.4) is 0 Å². The van der Waals surface area contributed by atoms with Crippen molar-refractivity contribution in [2.24, 2.45) is 0 Å². The van der Waals surface area contributed by atoms with E-state index in [-0.39, 0.29) is 0 Å². The minimum absolute atomic E-state index is 0.503. The summed E-state index contributed by atoms with van der Waals surface area (Å²) < 4.78 is 0. The molecule has 0 atom stereocenters. The van der Waals surface area contributed by atoms with E-state index < -0.39 is 23.0 Å². The first-order chi connectivity index (χ1) is 4.61. The summed E-state index contributed by atoms with van der Waals surface area (Å²) in [7, 11) is 0. The lowest BCUT2D eigenvalue weighted by Gasteiger charge is -1.97. The van der Waals surface area contributed by atoms with E-state index in [1.54, 1.807) is 0 Å². The first kappa shape index (κ1) is 6.54. The van der Waals surface area contributed by atoms with Gasteiger partial charge in [0.05, 0.1) is 0 Å². The zero-order valence-electron chi connectivity index (χ0n) is 4.90. The first-order valence-corrected chi connectivity index (χ1v) is 2.53. The summed E-state index contributed by atoms with van der Waals surface area (Å²) in [6.07, 6.45) is 0. The largest absolute Gasteiger partial charge is 0.504 e. The lowest BCUT2D eigenvalue weighted by atomic mass is 10.3. The van der Waals surface area contributed by atoms with Crippen LogP contribution >= 0.6 is 0 Å². The van der Waals surface area contributed by atoms with Crippen molar-refractivity contribution in [3.63, 3.8) is 0 Å². The van der Waals surface area contributed by atoms with E-state index in [1.165, 1.54) is 0 Å². The number of phenols is 3. The van der Waals surface area contributed by atoms with E-state index in [0.29, 0.717) is 0 Å². The highest BCUT2D eigenvalue weighted by atomic mass is 16.3. The van der Waals surface area contributed by atoms with E-state index in [2.05, 4.69) is 0 Å². The Balaban J connectivity index is 3.28. The molecule has 0 aliphatic rings. The Hall–Kier alpha value is -1.58. The molecule has 1 aromatic rings. The molecule has 0 amide bonds. The topological polar surface area (TPSA) is 80.6 Å². The molecule has 1 aromatic carbocycles. The quantitative estimate of drug-likeness (QED) is 0.371. The van der Waals surface area contributed by atoms with Crippen molar-refractivity contribution in [2.75, 3.05) is 0 Å². The molecule has 0 bridgehead atoms. The van der Waals surface area contributed by atoms with Crippen LogP contribution in [0.1, 0.15) is 0 Å². The fraction of sp³-hybridized carbons (Fsp3) is 0. The molecule has 53 valence electrons. The van der Waals surface area contributed by atoms with Crippen molar-refractivity contribution in [1.82, 2.24) is 0 Å². The molecular formula is C6H5O4. The van der Waals surface area contributed by atoms with Crippen LogP contribution in [0.2, 0.25) is 0 Å². The Kier molecular flexibility index (Phi) is 1.30. The minimum Gasteiger partial charge on any atom is -0.504 e. The average molecular weight is 141 g/mol. The second-order valence-electron chi connectivity index (χ2n) is 1.81. The summed E-state index contributed by atoms with van der Waals surface area (Å²) in [4.78, 5) is 0. The molecular weight excluding hydrogens is 136 g/mol. The van der Waals surface area contributed by atoms with Gasteiger partial charge in [-0.1, -0.05) is 0 Å². The summed E-state index contributed by atoms with van der Waals surface area (Å²) in [5.74, 6) is -2.31. The van der Waals surface area contributed by atoms with Gasteiger partial charge in [0.25, 0.3) is 0 Å². The maximum atomic E-state index is 10.5. The molecule has 0 saturated heterocycles. The number of benzene rings is 1. The van der Waals surface area contributed by atoms with E-state index in [9.17, 15) is 5.11 Å². The van der Waals surface area contributed by atoms with E-state index >= 15 is 0 Å². The van der Waals surface area contributed by atoms with Crippen LogP contribution in [0.15, 0.2) is 12.1 Å². The number of hydrogen-bond donors (Lipinski definition) is 3. The Bertz CT molecular complexity index is 206. The minimum atomic E-state index is -0.713. The highest BCUT2D eigenvalue weighted by Gasteiger charge is 2.06. The van der Waals surface area contributed by atoms with Crippen molar-refractivity contribution in [1.29, 1.82) is 0 Å². The number of aromatic hydroxyl groups is 3. The van der Waals surface area contributed by atoms with Crippen LogP contribution < -0.4 is 0 Å². The monoisotopic (exact) mass is 141 g/mol. The van der Waals surface area contributed by atoms with Gasteiger partial charge in [0.15, 0.2) is 17.2 Å². The standard InChI is InChI=1S/C6H5O4/c7-3-1-4(8)6(10)2-5(3)9/h1-2,7-9H. The highest BCUT2D eigenvalue weighted by Crippen LogP contribution is 2.36. The Labute approximate surface area is 56.6 Å². The van der Waals surface area contributed by atoms with Gasteiger partial charge in [0.2, 0.25) is 5.75 Å². The molecule has 0 saturated carbocycles. The predicted octanol–water partition coefficient (Wildman–Crippen LogP) is 0.947. The van der Waals surface area contributed by atoms with Crippen LogP contribution in [0, 0.1) is 0 Å². The molecule has 0 spiro atoms. The Morgan fingerprint density at radius 3 is 1.90 bits per heavy atom. The molecule has 0 unspecified atom stereocenters. The molecule has 1 rings (SSSR count). The van der Waals surface area contributed by atoms with E-state index in [4.69, 9.17) is 15.3 Å². The average Bonchev–Trinajstić information content (AvgIpc) is 1.84. The van der Waals surface area contributed by atoms with Gasteiger partial charge >= 0.3 is 0 Å². The lowest BCUT2D eigenvalue weighted by Crippen LogP contribution is -1.69. The van der Waals surface area contributed by atoms with Crippen molar-refractivity contribution in [3.8, 4) is 23.0 Å². The van der Waals surface area contributed by atoms with Crippen LogP contribution in [0.4, 0.5) is 0 Å². The van der Waals surface area contributed by atoms with E-state index in [0.717, 1.165) is 12.1 Å². The SMILES string of the molecule is [O]c1cc(O)c(O)cc1O. The molecule has 0 fully saturated rings. The van der Waals surface area contributed by atoms with Crippen LogP contribution in [-0.2, 0) is 5.11 Å². The zero-order chi connectivity index (χ0) is 7.72. The Morgan fingerprint density at radius 2 is 1.40 bits per heavy atom. The summed E-state index contributed by atoms with van der Waals surface area (Å²) >= 11 is 0. The second-order valence-corrected chi connectivity index (χ2v) is 1.81. The third kappa shape index (κ3) is 0.907. The van der Waals surface area contributed by atoms with Gasteiger partial charge in [0.1, 0.15) is 0 Å².